The van der Waals surface area contributed by atoms with Crippen molar-refractivity contribution in [3.8, 4) is 11.1 Å². The number of anilines is 1. The number of fused-ring (bicyclic) bond motifs is 2. The Bertz CT molecular complexity index is 1880. The fourth-order valence-electron chi connectivity index (χ4n) is 5.53. The number of alkyl halides is 2. The van der Waals surface area contributed by atoms with Crippen LogP contribution in [0.25, 0.3) is 22.0 Å². The monoisotopic (exact) mass is 772 g/mol. The van der Waals surface area contributed by atoms with Gasteiger partial charge in [0.05, 0.1) is 0 Å². The summed E-state index contributed by atoms with van der Waals surface area (Å²) >= 11 is 3.04. The Morgan fingerprint density at radius 3 is 2.57 bits per heavy atom. The molecule has 3 aromatic heterocycles. The molecule has 0 saturated carbocycles. The molecular formula is C30H28BrIN7O5-. The van der Waals surface area contributed by atoms with Gasteiger partial charge in [-0.2, -0.15) is 0 Å². The van der Waals surface area contributed by atoms with Gasteiger partial charge in [-0.15, -0.1) is 0 Å². The van der Waals surface area contributed by atoms with Gasteiger partial charge in [-0.25, -0.2) is 0 Å². The quantitative estimate of drug-likeness (QED) is 0.0716. The van der Waals surface area contributed by atoms with Gasteiger partial charge in [0, 0.05) is 0 Å². The number of aromatic nitrogens is 5. The number of hydrogen-bond acceptors (Lipinski definition) is 9. The van der Waals surface area contributed by atoms with Crippen LogP contribution in [0.5, 0.6) is 0 Å². The molecule has 3 atom stereocenters. The summed E-state index contributed by atoms with van der Waals surface area (Å²) in [4.78, 5) is 67.7. The number of Topliss-reactive ketones (excluding diaryl/α,β-unsaturated/α-hetero) is 1. The fourth-order valence-corrected chi connectivity index (χ4v) is 9.24. The number of carbonyl (C=O) groups is 4. The third kappa shape index (κ3) is 5.38. The van der Waals surface area contributed by atoms with Crippen molar-refractivity contribution in [2.45, 2.75) is 54.2 Å². The summed E-state index contributed by atoms with van der Waals surface area (Å²) in [5.74, 6) is -0.476. The van der Waals surface area contributed by atoms with Gasteiger partial charge >= 0.3 is 260 Å². The van der Waals surface area contributed by atoms with E-state index in [2.05, 4.69) is 48.2 Å². The number of aryl methyl sites for hydroxylation is 2. The molecule has 1 aromatic carbocycles. The maximum atomic E-state index is 14.0. The van der Waals surface area contributed by atoms with Crippen molar-refractivity contribution in [2.24, 2.45) is 0 Å². The van der Waals surface area contributed by atoms with Gasteiger partial charge in [0.2, 0.25) is 0 Å². The second-order valence-electron chi connectivity index (χ2n) is 11.0. The summed E-state index contributed by atoms with van der Waals surface area (Å²) in [6, 6.07) is 6.24. The van der Waals surface area contributed by atoms with Crippen LogP contribution >= 0.6 is 15.9 Å². The molecular weight excluding hydrogens is 745 g/mol. The predicted octanol–water partition coefficient (Wildman–Crippen LogP) is 0.684. The van der Waals surface area contributed by atoms with Crippen LogP contribution in [-0.4, -0.2) is 73.8 Å². The third-order valence-electron chi connectivity index (χ3n) is 7.87. The topological polar surface area (TPSA) is 149 Å². The maximum absolute atomic E-state index is 14.0. The zero-order chi connectivity index (χ0) is 31.5. The third-order valence-corrected chi connectivity index (χ3v) is 12.7. The van der Waals surface area contributed by atoms with E-state index in [0.717, 1.165) is 5.56 Å². The molecule has 2 aliphatic heterocycles. The average Bonchev–Trinajstić information content (AvgIpc) is 3.36. The van der Waals surface area contributed by atoms with Gasteiger partial charge in [0.1, 0.15) is 5.82 Å². The van der Waals surface area contributed by atoms with E-state index in [1.165, 1.54) is 18.7 Å². The van der Waals surface area contributed by atoms with E-state index in [-0.39, 0.29) is 64.1 Å². The first kappa shape index (κ1) is 30.2. The van der Waals surface area contributed by atoms with Gasteiger partial charge in [-0.3, -0.25) is 0 Å². The number of nitrogens with zero attached hydrogens (tertiary/aromatic N) is 6. The first-order chi connectivity index (χ1) is 20.9. The number of esters is 1. The fraction of sp³-hybridized carbons (Fsp3) is 0.333. The van der Waals surface area contributed by atoms with Crippen LogP contribution in [0, 0.1) is 13.8 Å². The molecule has 12 nitrogen and oxygen atoms in total. The van der Waals surface area contributed by atoms with Gasteiger partial charge in [-0.05, 0) is 6.92 Å². The minimum absolute atomic E-state index is 0.0222. The standard InChI is InChI=1S/C30H28BrIN7O5/c1-14-6-7-23(31)35-26(14)36-27(42)22-10-30(4)29(32-30)39(22)24(41)13-38-21-9-19(28(43)44-5)18(17-11-33-16(3)34-12-17)8-20(21)25(37-38)15(2)40/h6-9,11-12,22,29H,10,13H2,1-5H3,(H,35,36,42)/q-1/t22-,29-,30+/m0/s1. The number of carbonyl (C=O) groups excluding carboxylic acids is 4. The van der Waals surface area contributed by atoms with Crippen LogP contribution in [0.1, 0.15) is 52.5 Å². The number of likely N-dealkylation sites (tertiary alicyclic amines) is 1. The van der Waals surface area contributed by atoms with E-state index in [4.69, 9.17) is 4.74 Å². The first-order valence-corrected chi connectivity index (χ1v) is 16.8. The van der Waals surface area contributed by atoms with Crippen LogP contribution < -0.4 is 26.5 Å². The number of methoxy groups -OCH3 is 1. The number of halogens is 2. The van der Waals surface area contributed by atoms with Crippen LogP contribution in [0.4, 0.5) is 5.82 Å². The van der Waals surface area contributed by atoms with Gasteiger partial charge in [0.25, 0.3) is 0 Å². The van der Waals surface area contributed by atoms with Crippen molar-refractivity contribution in [3.05, 3.63) is 63.9 Å². The molecule has 228 valence electrons. The molecule has 0 bridgehead atoms. The summed E-state index contributed by atoms with van der Waals surface area (Å²) in [5.41, 5.74) is 2.64. The van der Waals surface area contributed by atoms with Crippen molar-refractivity contribution < 1.29 is 45.1 Å². The zero-order valence-electron chi connectivity index (χ0n) is 24.5. The normalized spacial score (nSPS) is 20.5. The van der Waals surface area contributed by atoms with E-state index < -0.39 is 12.0 Å². The van der Waals surface area contributed by atoms with Crippen LogP contribution in [-0.2, 0) is 20.9 Å². The zero-order valence-corrected chi connectivity index (χ0v) is 28.3. The molecule has 6 rings (SSSR count). The van der Waals surface area contributed by atoms with E-state index in [1.807, 2.05) is 13.0 Å². The number of pyridine rings is 1. The molecule has 2 aliphatic rings. The molecule has 5 heterocycles. The van der Waals surface area contributed by atoms with Gasteiger partial charge < -0.3 is 0 Å². The number of hydrogen-bond donors (Lipinski definition) is 1. The molecule has 44 heavy (non-hydrogen) atoms. The van der Waals surface area contributed by atoms with Crippen molar-refractivity contribution in [3.63, 3.8) is 0 Å². The van der Waals surface area contributed by atoms with Crippen molar-refractivity contribution in [1.82, 2.24) is 29.6 Å². The molecule has 0 aliphatic carbocycles. The van der Waals surface area contributed by atoms with E-state index in [9.17, 15) is 19.2 Å². The Morgan fingerprint density at radius 1 is 1.16 bits per heavy atom. The molecule has 0 unspecified atom stereocenters. The first-order valence-electron chi connectivity index (χ1n) is 13.7. The number of rotatable bonds is 7. The van der Waals surface area contributed by atoms with Crippen LogP contribution in [0.2, 0.25) is 0 Å². The Labute approximate surface area is 271 Å². The predicted molar refractivity (Wildman–Crippen MR) is 160 cm³/mol. The molecule has 0 spiro atoms. The van der Waals surface area contributed by atoms with Gasteiger partial charge in [-0.1, -0.05) is 0 Å². The second kappa shape index (κ2) is 11.3. The summed E-state index contributed by atoms with van der Waals surface area (Å²) in [7, 11) is 1.28. The number of nitrogens with one attached hydrogen (secondary N) is 1. The summed E-state index contributed by atoms with van der Waals surface area (Å²) in [5, 5.41) is 7.91. The molecule has 2 fully saturated rings. The number of ether oxygens (including phenoxy) is 1. The Kier molecular flexibility index (Phi) is 7.76. The van der Waals surface area contributed by atoms with Crippen molar-refractivity contribution in [2.75, 3.05) is 12.4 Å². The molecule has 0 radical (unpaired) electrons. The average molecular weight is 773 g/mol. The minimum atomic E-state index is -0.668. The molecule has 2 amide bonds. The Morgan fingerprint density at radius 2 is 1.89 bits per heavy atom. The summed E-state index contributed by atoms with van der Waals surface area (Å²) in [6.45, 7) is 6.91. The second-order valence-corrected chi connectivity index (χ2v) is 16.1. The van der Waals surface area contributed by atoms with Crippen molar-refractivity contribution in [1.29, 1.82) is 0 Å². The number of ketones is 1. The summed E-state index contributed by atoms with van der Waals surface area (Å²) in [6.07, 6.45) is 3.76. The molecule has 2 saturated heterocycles. The van der Waals surface area contributed by atoms with Crippen LogP contribution in [0.3, 0.4) is 0 Å². The molecule has 1 N–H and O–H groups in total. The van der Waals surface area contributed by atoms with E-state index in [0.29, 0.717) is 44.7 Å². The molecule has 14 heteroatoms. The van der Waals surface area contributed by atoms with E-state index in [1.54, 1.807) is 42.4 Å². The summed E-state index contributed by atoms with van der Waals surface area (Å²) < 4.78 is 7.06. The number of benzene rings is 1. The Hall–Kier alpha value is -3.79. The Balaban J connectivity index is 1.36. The van der Waals surface area contributed by atoms with Crippen LogP contribution in [0.15, 0.2) is 41.3 Å². The number of amides is 2. The SMILES string of the molecule is COC(=O)c1cc2c(cc1-c1cnc(C)nc1)c(C(C)=O)nn2CC(=O)N1[C@H](C(=O)Nc2nc(Br)ccc2C)C[C@@]2(C)[I-][C@@H]12. The van der Waals surface area contributed by atoms with Gasteiger partial charge in [0.15, 0.2) is 0 Å². The van der Waals surface area contributed by atoms with E-state index >= 15 is 0 Å². The van der Waals surface area contributed by atoms with Crippen molar-refractivity contribution >= 4 is 56.2 Å². The molecule has 4 aromatic rings.